The number of nitrogens with one attached hydrogen (secondary N) is 1. The van der Waals surface area contributed by atoms with Crippen LogP contribution >= 0.6 is 0 Å². The van der Waals surface area contributed by atoms with Gasteiger partial charge in [0.15, 0.2) is 0 Å². The third-order valence-corrected chi connectivity index (χ3v) is 1.44. The van der Waals surface area contributed by atoms with Gasteiger partial charge in [-0.05, 0) is 12.8 Å². The molecule has 0 radical (unpaired) electrons. The van der Waals surface area contributed by atoms with Crippen LogP contribution in [-0.2, 0) is 4.79 Å². The van der Waals surface area contributed by atoms with Gasteiger partial charge in [0.25, 0.3) is 0 Å². The van der Waals surface area contributed by atoms with Gasteiger partial charge in [-0.1, -0.05) is 32.1 Å². The van der Waals surface area contributed by atoms with E-state index in [1.165, 1.54) is 0 Å². The number of hydrogen-bond donors (Lipinski definition) is 2. The summed E-state index contributed by atoms with van der Waals surface area (Å²) in [5.74, 6) is 0.237. The van der Waals surface area contributed by atoms with E-state index < -0.39 is 0 Å². The molecule has 1 amide bonds. The molecule has 2 N–H and O–H groups in total. The topological polar surface area (TPSA) is 49.3 Å². The number of aliphatic hydroxyl groups is 1. The molecule has 0 aromatic rings. The van der Waals surface area contributed by atoms with Crippen molar-refractivity contribution in [1.29, 1.82) is 0 Å². The first-order valence-electron chi connectivity index (χ1n) is 4.32. The molecular formula is C10H17NO2. The average Bonchev–Trinajstić information content (AvgIpc) is 2.04. The molecule has 0 spiro atoms. The molecule has 13 heavy (non-hydrogen) atoms. The van der Waals surface area contributed by atoms with Crippen LogP contribution in [0.2, 0.25) is 0 Å². The number of aliphatic hydroxyl groups excluding tert-OH is 1. The van der Waals surface area contributed by atoms with Crippen molar-refractivity contribution >= 4 is 5.91 Å². The van der Waals surface area contributed by atoms with Crippen molar-refractivity contribution in [3.05, 3.63) is 23.8 Å². The lowest BCUT2D eigenvalue weighted by molar-refractivity contribution is -0.118. The van der Waals surface area contributed by atoms with Crippen LogP contribution < -0.4 is 5.32 Å². The quantitative estimate of drug-likeness (QED) is 0.391. The van der Waals surface area contributed by atoms with E-state index in [2.05, 4.69) is 19.2 Å². The highest BCUT2D eigenvalue weighted by molar-refractivity contribution is 5.92. The molecule has 0 aliphatic carbocycles. The van der Waals surface area contributed by atoms with Gasteiger partial charge in [0.2, 0.25) is 5.91 Å². The predicted octanol–water partition coefficient (Wildman–Crippen LogP) is 1.21. The molecule has 0 aliphatic rings. The minimum Gasteiger partial charge on any atom is -0.376 e. The second kappa shape index (κ2) is 6.43. The number of carbonyl (C=O) groups excluding carboxylic acids is 1. The Labute approximate surface area is 79.2 Å². The maximum atomic E-state index is 11.0. The van der Waals surface area contributed by atoms with Crippen LogP contribution in [0.5, 0.6) is 0 Å². The normalized spacial score (nSPS) is 12.5. The molecule has 0 rings (SSSR count). The lowest BCUT2D eigenvalue weighted by Gasteiger charge is -1.99. The second-order valence-corrected chi connectivity index (χ2v) is 3.14. The lowest BCUT2D eigenvalue weighted by Crippen LogP contribution is -2.24. The summed E-state index contributed by atoms with van der Waals surface area (Å²) in [6, 6.07) is 0. The van der Waals surface area contributed by atoms with Crippen molar-refractivity contribution in [2.75, 3.05) is 6.73 Å². The summed E-state index contributed by atoms with van der Waals surface area (Å²) in [6.45, 7) is 5.51. The minimum absolute atomic E-state index is 0.240. The zero-order chi connectivity index (χ0) is 10.3. The molecular weight excluding hydrogens is 166 g/mol. The third-order valence-electron chi connectivity index (χ3n) is 1.44. The Morgan fingerprint density at radius 2 is 2.15 bits per heavy atom. The summed E-state index contributed by atoms with van der Waals surface area (Å²) in [6.07, 6.45) is 5.57. The van der Waals surface area contributed by atoms with Crippen LogP contribution in [0.4, 0.5) is 0 Å². The Bertz CT molecular complexity index is 217. The van der Waals surface area contributed by atoms with Gasteiger partial charge in [-0.15, -0.1) is 0 Å². The highest BCUT2D eigenvalue weighted by Crippen LogP contribution is 1.97. The molecule has 0 aromatic carbocycles. The maximum absolute atomic E-state index is 11.0. The van der Waals surface area contributed by atoms with Crippen molar-refractivity contribution in [2.24, 2.45) is 5.92 Å². The lowest BCUT2D eigenvalue weighted by atomic mass is 10.2. The van der Waals surface area contributed by atoms with E-state index >= 15 is 0 Å². The van der Waals surface area contributed by atoms with E-state index in [-0.39, 0.29) is 12.6 Å². The summed E-state index contributed by atoms with van der Waals surface area (Å²) in [7, 11) is 0. The van der Waals surface area contributed by atoms with Crippen molar-refractivity contribution in [3.63, 3.8) is 0 Å². The van der Waals surface area contributed by atoms with Crippen LogP contribution in [0, 0.1) is 5.92 Å². The van der Waals surface area contributed by atoms with Crippen molar-refractivity contribution < 1.29 is 9.90 Å². The standard InChI is InChI=1S/C10H17NO2/c1-8(2)5-4-6-9(3)10(13)11-7-12/h4-6,8,12H,7H2,1-3H3,(H,11,13)/b5-4-,9-6+. The molecule has 3 nitrogen and oxygen atoms in total. The van der Waals surface area contributed by atoms with Crippen LogP contribution in [0.25, 0.3) is 0 Å². The van der Waals surface area contributed by atoms with E-state index in [1.54, 1.807) is 13.0 Å². The van der Waals surface area contributed by atoms with Gasteiger partial charge in [0.05, 0.1) is 0 Å². The Kier molecular flexibility index (Phi) is 5.89. The average molecular weight is 183 g/mol. The Balaban J connectivity index is 4.08. The van der Waals surface area contributed by atoms with Gasteiger partial charge in [-0.2, -0.15) is 0 Å². The van der Waals surface area contributed by atoms with Gasteiger partial charge < -0.3 is 10.4 Å². The summed E-state index contributed by atoms with van der Waals surface area (Å²) in [4.78, 5) is 11.0. The molecule has 0 aliphatic heterocycles. The van der Waals surface area contributed by atoms with Crippen molar-refractivity contribution in [2.45, 2.75) is 20.8 Å². The fraction of sp³-hybridized carbons (Fsp3) is 0.500. The maximum Gasteiger partial charge on any atom is 0.248 e. The van der Waals surface area contributed by atoms with Crippen molar-refractivity contribution in [3.8, 4) is 0 Å². The number of amides is 1. The Hall–Kier alpha value is -1.09. The first kappa shape index (κ1) is 11.9. The first-order chi connectivity index (χ1) is 6.07. The largest absolute Gasteiger partial charge is 0.376 e. The molecule has 0 bridgehead atoms. The fourth-order valence-electron chi connectivity index (χ4n) is 0.709. The zero-order valence-corrected chi connectivity index (χ0v) is 8.37. The molecule has 0 atom stereocenters. The van der Waals surface area contributed by atoms with E-state index in [9.17, 15) is 4.79 Å². The molecule has 74 valence electrons. The van der Waals surface area contributed by atoms with Crippen LogP contribution in [0.3, 0.4) is 0 Å². The van der Waals surface area contributed by atoms with Gasteiger partial charge in [-0.25, -0.2) is 0 Å². The Morgan fingerprint density at radius 3 is 2.62 bits per heavy atom. The van der Waals surface area contributed by atoms with E-state index in [4.69, 9.17) is 5.11 Å². The molecule has 3 heteroatoms. The molecule has 0 aromatic heterocycles. The number of hydrogen-bond acceptors (Lipinski definition) is 2. The monoisotopic (exact) mass is 183 g/mol. The summed E-state index contributed by atoms with van der Waals surface area (Å²) in [5, 5.41) is 10.7. The van der Waals surface area contributed by atoms with Crippen LogP contribution in [0.1, 0.15) is 20.8 Å². The first-order valence-corrected chi connectivity index (χ1v) is 4.32. The van der Waals surface area contributed by atoms with Crippen LogP contribution in [0.15, 0.2) is 23.8 Å². The Morgan fingerprint density at radius 1 is 1.54 bits per heavy atom. The highest BCUT2D eigenvalue weighted by Gasteiger charge is 1.99. The SMILES string of the molecule is C/C(=C\C=C/C(C)C)C(=O)NCO. The zero-order valence-electron chi connectivity index (χ0n) is 8.37. The van der Waals surface area contributed by atoms with Gasteiger partial charge in [-0.3, -0.25) is 4.79 Å². The van der Waals surface area contributed by atoms with Gasteiger partial charge in [0.1, 0.15) is 6.73 Å². The predicted molar refractivity (Wildman–Crippen MR) is 53.0 cm³/mol. The highest BCUT2D eigenvalue weighted by atomic mass is 16.3. The molecule has 0 fully saturated rings. The fourth-order valence-corrected chi connectivity index (χ4v) is 0.709. The number of rotatable bonds is 4. The van der Waals surface area contributed by atoms with E-state index in [0.29, 0.717) is 11.5 Å². The molecule has 0 unspecified atom stereocenters. The van der Waals surface area contributed by atoms with Crippen LogP contribution in [-0.4, -0.2) is 17.7 Å². The molecule has 0 heterocycles. The summed E-state index contributed by atoms with van der Waals surface area (Å²) < 4.78 is 0. The van der Waals surface area contributed by atoms with E-state index in [0.717, 1.165) is 0 Å². The number of carbonyl (C=O) groups is 1. The summed E-state index contributed by atoms with van der Waals surface area (Å²) >= 11 is 0. The third kappa shape index (κ3) is 6.11. The van der Waals surface area contributed by atoms with Crippen molar-refractivity contribution in [1.82, 2.24) is 5.32 Å². The van der Waals surface area contributed by atoms with Gasteiger partial charge in [0, 0.05) is 5.57 Å². The molecule has 0 saturated carbocycles. The second-order valence-electron chi connectivity index (χ2n) is 3.14. The molecule has 0 saturated heterocycles. The smallest absolute Gasteiger partial charge is 0.248 e. The van der Waals surface area contributed by atoms with E-state index in [1.807, 2.05) is 12.2 Å². The minimum atomic E-state index is -0.322. The number of allylic oxidation sites excluding steroid dienone is 3. The summed E-state index contributed by atoms with van der Waals surface area (Å²) in [5.41, 5.74) is 0.589. The van der Waals surface area contributed by atoms with Gasteiger partial charge >= 0.3 is 0 Å².